The average molecular weight is 428 g/mol. The molecule has 2 saturated carbocycles. The van der Waals surface area contributed by atoms with E-state index in [0.717, 1.165) is 36.3 Å². The van der Waals surface area contributed by atoms with Gasteiger partial charge in [0.1, 0.15) is 5.75 Å². The Bertz CT molecular complexity index is 625. The summed E-state index contributed by atoms with van der Waals surface area (Å²) >= 11 is 0. The standard InChI is InChI=1S/C28H45NO2/c1-3-4-5-6-7-8-23-10-12-24(13-11-23)14-15-25-16-18-26(19-17-25)28(30)31-27-20-9-22(2)29-21-27/h9,20-21,23-26H,3-8,10-19H2,1-2H3/t23-,24-,25-,26-. The summed E-state index contributed by atoms with van der Waals surface area (Å²) in [7, 11) is 0. The Morgan fingerprint density at radius 2 is 1.42 bits per heavy atom. The van der Waals surface area contributed by atoms with Gasteiger partial charge in [-0.05, 0) is 62.5 Å². The molecule has 0 aliphatic heterocycles. The van der Waals surface area contributed by atoms with Gasteiger partial charge in [0, 0.05) is 5.69 Å². The maximum Gasteiger partial charge on any atom is 0.314 e. The second-order valence-corrected chi connectivity index (χ2v) is 10.4. The number of nitrogens with zero attached hydrogens (tertiary/aromatic N) is 1. The lowest BCUT2D eigenvalue weighted by Crippen LogP contribution is -2.26. The monoisotopic (exact) mass is 427 g/mol. The number of rotatable bonds is 11. The van der Waals surface area contributed by atoms with E-state index in [0.29, 0.717) is 5.75 Å². The first-order valence-electron chi connectivity index (χ1n) is 13.3. The third kappa shape index (κ3) is 8.58. The molecule has 3 rings (SSSR count). The quantitative estimate of drug-likeness (QED) is 0.265. The van der Waals surface area contributed by atoms with Gasteiger partial charge in [0.2, 0.25) is 0 Å². The van der Waals surface area contributed by atoms with Crippen LogP contribution in [0.2, 0.25) is 0 Å². The predicted molar refractivity (Wildman–Crippen MR) is 128 cm³/mol. The molecule has 174 valence electrons. The van der Waals surface area contributed by atoms with Crippen LogP contribution in [-0.2, 0) is 4.79 Å². The van der Waals surface area contributed by atoms with Gasteiger partial charge in [0.25, 0.3) is 0 Å². The van der Waals surface area contributed by atoms with Crippen LogP contribution in [0.15, 0.2) is 18.3 Å². The lowest BCUT2D eigenvalue weighted by Gasteiger charge is -2.31. The minimum Gasteiger partial charge on any atom is -0.425 e. The van der Waals surface area contributed by atoms with Crippen molar-refractivity contribution in [3.8, 4) is 5.75 Å². The van der Waals surface area contributed by atoms with Crippen LogP contribution in [0.4, 0.5) is 0 Å². The molecule has 0 bridgehead atoms. The van der Waals surface area contributed by atoms with E-state index in [1.54, 1.807) is 6.20 Å². The molecule has 0 atom stereocenters. The van der Waals surface area contributed by atoms with Gasteiger partial charge in [-0.1, -0.05) is 84.0 Å². The van der Waals surface area contributed by atoms with Crippen molar-refractivity contribution >= 4 is 5.97 Å². The highest BCUT2D eigenvalue weighted by Crippen LogP contribution is 2.38. The normalized spacial score (nSPS) is 26.5. The maximum absolute atomic E-state index is 12.5. The molecule has 31 heavy (non-hydrogen) atoms. The second kappa shape index (κ2) is 13.2. The Labute approximate surface area is 190 Å². The zero-order valence-corrected chi connectivity index (χ0v) is 20.1. The zero-order valence-electron chi connectivity index (χ0n) is 20.1. The van der Waals surface area contributed by atoms with E-state index in [-0.39, 0.29) is 11.9 Å². The lowest BCUT2D eigenvalue weighted by atomic mass is 9.75. The van der Waals surface area contributed by atoms with E-state index < -0.39 is 0 Å². The van der Waals surface area contributed by atoms with Crippen LogP contribution in [0, 0.1) is 30.6 Å². The van der Waals surface area contributed by atoms with Gasteiger partial charge in [-0.2, -0.15) is 0 Å². The fraction of sp³-hybridized carbons (Fsp3) is 0.786. The highest BCUT2D eigenvalue weighted by atomic mass is 16.5. The minimum absolute atomic E-state index is 0.0582. The molecule has 1 aromatic rings. The van der Waals surface area contributed by atoms with Crippen molar-refractivity contribution < 1.29 is 9.53 Å². The number of unbranched alkanes of at least 4 members (excludes halogenated alkanes) is 4. The molecule has 0 unspecified atom stereocenters. The molecule has 1 heterocycles. The highest BCUT2D eigenvalue weighted by Gasteiger charge is 2.29. The summed E-state index contributed by atoms with van der Waals surface area (Å²) in [6, 6.07) is 3.73. The first kappa shape index (κ1) is 24.3. The zero-order chi connectivity index (χ0) is 21.9. The van der Waals surface area contributed by atoms with E-state index in [2.05, 4.69) is 11.9 Å². The Kier molecular flexibility index (Phi) is 10.4. The van der Waals surface area contributed by atoms with Gasteiger partial charge in [0.05, 0.1) is 12.1 Å². The number of aromatic nitrogens is 1. The van der Waals surface area contributed by atoms with Gasteiger partial charge in [-0.3, -0.25) is 9.78 Å². The fourth-order valence-corrected chi connectivity index (χ4v) is 5.72. The van der Waals surface area contributed by atoms with Crippen LogP contribution in [0.5, 0.6) is 5.75 Å². The molecule has 2 aliphatic rings. The minimum atomic E-state index is -0.0582. The van der Waals surface area contributed by atoms with Crippen molar-refractivity contribution in [1.29, 1.82) is 0 Å². The topological polar surface area (TPSA) is 39.2 Å². The van der Waals surface area contributed by atoms with E-state index in [1.165, 1.54) is 89.9 Å². The largest absolute Gasteiger partial charge is 0.425 e. The lowest BCUT2D eigenvalue weighted by molar-refractivity contribution is -0.140. The van der Waals surface area contributed by atoms with Crippen molar-refractivity contribution in [2.45, 2.75) is 117 Å². The second-order valence-electron chi connectivity index (χ2n) is 10.4. The summed E-state index contributed by atoms with van der Waals surface area (Å²) in [6.07, 6.45) is 23.3. The molecule has 0 N–H and O–H groups in total. The van der Waals surface area contributed by atoms with Crippen LogP contribution in [0.25, 0.3) is 0 Å². The summed E-state index contributed by atoms with van der Waals surface area (Å²) in [5.41, 5.74) is 0.941. The van der Waals surface area contributed by atoms with E-state index in [1.807, 2.05) is 19.1 Å². The first-order chi connectivity index (χ1) is 15.1. The average Bonchev–Trinajstić information content (AvgIpc) is 2.80. The first-order valence-corrected chi connectivity index (χ1v) is 13.3. The Balaban J connectivity index is 1.25. The summed E-state index contributed by atoms with van der Waals surface area (Å²) in [4.78, 5) is 16.7. The number of hydrogen-bond acceptors (Lipinski definition) is 3. The van der Waals surface area contributed by atoms with Crippen molar-refractivity contribution in [3.63, 3.8) is 0 Å². The van der Waals surface area contributed by atoms with Gasteiger partial charge in [-0.15, -0.1) is 0 Å². The smallest absolute Gasteiger partial charge is 0.314 e. The SMILES string of the molecule is CCCCCCC[C@H]1CC[C@H](CC[C@H]2CC[C@H](C(=O)Oc3ccc(C)nc3)CC2)CC1. The maximum atomic E-state index is 12.5. The third-order valence-corrected chi connectivity index (χ3v) is 7.95. The summed E-state index contributed by atoms with van der Waals surface area (Å²) in [5, 5.41) is 0. The molecule has 0 radical (unpaired) electrons. The van der Waals surface area contributed by atoms with Crippen LogP contribution >= 0.6 is 0 Å². The van der Waals surface area contributed by atoms with E-state index in [9.17, 15) is 4.79 Å². The van der Waals surface area contributed by atoms with Gasteiger partial charge in [0.15, 0.2) is 0 Å². The number of pyridine rings is 1. The Morgan fingerprint density at radius 3 is 2.00 bits per heavy atom. The van der Waals surface area contributed by atoms with E-state index >= 15 is 0 Å². The number of hydrogen-bond donors (Lipinski definition) is 0. The van der Waals surface area contributed by atoms with E-state index in [4.69, 9.17) is 4.74 Å². The number of ether oxygens (including phenoxy) is 1. The molecule has 0 spiro atoms. The third-order valence-electron chi connectivity index (χ3n) is 7.95. The summed E-state index contributed by atoms with van der Waals surface area (Å²) in [6.45, 7) is 4.24. The van der Waals surface area contributed by atoms with Crippen LogP contribution in [0.1, 0.15) is 115 Å². The van der Waals surface area contributed by atoms with Crippen LogP contribution in [0.3, 0.4) is 0 Å². The number of aryl methyl sites for hydroxylation is 1. The summed E-state index contributed by atoms with van der Waals surface area (Å²) in [5.74, 6) is 3.40. The van der Waals surface area contributed by atoms with Crippen molar-refractivity contribution in [3.05, 3.63) is 24.0 Å². The highest BCUT2D eigenvalue weighted by molar-refractivity contribution is 5.75. The van der Waals surface area contributed by atoms with Crippen molar-refractivity contribution in [2.24, 2.45) is 23.7 Å². The molecule has 2 aliphatic carbocycles. The number of carbonyl (C=O) groups is 1. The molecule has 2 fully saturated rings. The molecule has 3 nitrogen and oxygen atoms in total. The van der Waals surface area contributed by atoms with Gasteiger partial charge < -0.3 is 4.74 Å². The van der Waals surface area contributed by atoms with Crippen molar-refractivity contribution in [1.82, 2.24) is 4.98 Å². The molecular formula is C28H45NO2. The number of carbonyl (C=O) groups excluding carboxylic acids is 1. The van der Waals surface area contributed by atoms with Crippen molar-refractivity contribution in [2.75, 3.05) is 0 Å². The van der Waals surface area contributed by atoms with Gasteiger partial charge >= 0.3 is 5.97 Å². The van der Waals surface area contributed by atoms with Gasteiger partial charge in [-0.25, -0.2) is 0 Å². The molecule has 0 saturated heterocycles. The van der Waals surface area contributed by atoms with Crippen LogP contribution < -0.4 is 4.74 Å². The number of esters is 1. The molecule has 0 aromatic carbocycles. The molecular weight excluding hydrogens is 382 g/mol. The molecule has 1 aromatic heterocycles. The van der Waals surface area contributed by atoms with Crippen LogP contribution in [-0.4, -0.2) is 11.0 Å². The predicted octanol–water partition coefficient (Wildman–Crippen LogP) is 8.05. The Morgan fingerprint density at radius 1 is 0.839 bits per heavy atom. The Hall–Kier alpha value is -1.38. The fourth-order valence-electron chi connectivity index (χ4n) is 5.72. The summed E-state index contributed by atoms with van der Waals surface area (Å²) < 4.78 is 5.55. The molecule has 0 amide bonds. The molecule has 3 heteroatoms.